The number of hydrogen-bond donors (Lipinski definition) is 0. The Bertz CT molecular complexity index is 545. The van der Waals surface area contributed by atoms with Crippen molar-refractivity contribution in [2.75, 3.05) is 0 Å². The normalized spacial score (nSPS) is 11.3. The fourth-order valence-corrected chi connectivity index (χ4v) is 1.82. The summed E-state index contributed by atoms with van der Waals surface area (Å²) in [4.78, 5) is 12.8. The lowest BCUT2D eigenvalue weighted by Gasteiger charge is -2.11. The minimum Gasteiger partial charge on any atom is -0.252 e. The van der Waals surface area contributed by atoms with Gasteiger partial charge in [0.1, 0.15) is 0 Å². The molecule has 0 saturated heterocycles. The van der Waals surface area contributed by atoms with E-state index in [4.69, 9.17) is 0 Å². The summed E-state index contributed by atoms with van der Waals surface area (Å²) in [5.41, 5.74) is 3.45. The van der Waals surface area contributed by atoms with Gasteiger partial charge < -0.3 is 0 Å². The van der Waals surface area contributed by atoms with Crippen LogP contribution in [0.3, 0.4) is 0 Å². The van der Waals surface area contributed by atoms with Crippen molar-refractivity contribution in [1.29, 1.82) is 0 Å². The number of aryl methyl sites for hydroxylation is 1. The molecule has 0 radical (unpaired) electrons. The number of hydrogen-bond acceptors (Lipinski definition) is 3. The van der Waals surface area contributed by atoms with Crippen LogP contribution in [0.25, 0.3) is 0 Å². The van der Waals surface area contributed by atoms with E-state index >= 15 is 0 Å². The number of benzene rings is 1. The number of aliphatic imine (C=N–C) groups is 1. The minimum atomic E-state index is 0.453. The second-order valence-electron chi connectivity index (χ2n) is 4.53. The van der Waals surface area contributed by atoms with Crippen LogP contribution in [-0.4, -0.2) is 16.2 Å². The first-order valence-corrected chi connectivity index (χ1v) is 6.09. The van der Waals surface area contributed by atoms with Crippen LogP contribution in [0.1, 0.15) is 36.7 Å². The van der Waals surface area contributed by atoms with Gasteiger partial charge in [0.15, 0.2) is 5.82 Å². The van der Waals surface area contributed by atoms with E-state index in [-0.39, 0.29) is 0 Å². The van der Waals surface area contributed by atoms with E-state index in [1.165, 1.54) is 11.1 Å². The maximum absolute atomic E-state index is 4.55. The highest BCUT2D eigenvalue weighted by molar-refractivity contribution is 5.78. The van der Waals surface area contributed by atoms with Crippen LogP contribution in [0, 0.1) is 6.92 Å². The molecular weight excluding hydrogens is 222 g/mol. The van der Waals surface area contributed by atoms with Gasteiger partial charge in [-0.05, 0) is 30.0 Å². The van der Waals surface area contributed by atoms with E-state index in [0.717, 1.165) is 5.69 Å². The smallest absolute Gasteiger partial charge is 0.170 e. The van der Waals surface area contributed by atoms with E-state index in [1.807, 2.05) is 0 Å². The van der Waals surface area contributed by atoms with E-state index in [2.05, 4.69) is 53.9 Å². The first kappa shape index (κ1) is 12.4. The molecule has 2 rings (SSSR count). The van der Waals surface area contributed by atoms with Crippen LogP contribution >= 0.6 is 0 Å². The fourth-order valence-electron chi connectivity index (χ4n) is 1.82. The molecule has 18 heavy (non-hydrogen) atoms. The average Bonchev–Trinajstić information content (AvgIpc) is 2.38. The van der Waals surface area contributed by atoms with Crippen molar-refractivity contribution in [1.82, 2.24) is 9.97 Å². The van der Waals surface area contributed by atoms with Gasteiger partial charge in [-0.3, -0.25) is 4.99 Å². The van der Waals surface area contributed by atoms with Crippen molar-refractivity contribution < 1.29 is 0 Å². The third-order valence-electron chi connectivity index (χ3n) is 2.79. The summed E-state index contributed by atoms with van der Waals surface area (Å²) in [6, 6.07) is 8.06. The monoisotopic (exact) mass is 239 g/mol. The molecule has 0 atom stereocenters. The lowest BCUT2D eigenvalue weighted by atomic mass is 9.98. The number of aromatic nitrogens is 2. The van der Waals surface area contributed by atoms with Gasteiger partial charge in [0, 0.05) is 12.4 Å². The molecule has 1 aromatic heterocycles. The Hall–Kier alpha value is -2.03. The first-order chi connectivity index (χ1) is 8.68. The Balaban J connectivity index is 2.37. The zero-order valence-electron chi connectivity index (χ0n) is 11.0. The SMILES string of the molecule is Cc1cccc(C(C)C)c1N=Cc1ncccn1. The van der Waals surface area contributed by atoms with Gasteiger partial charge in [0.05, 0.1) is 11.9 Å². The molecule has 2 aromatic rings. The Morgan fingerprint density at radius 2 is 1.83 bits per heavy atom. The number of nitrogens with zero attached hydrogens (tertiary/aromatic N) is 3. The molecule has 1 heterocycles. The predicted octanol–water partition coefficient (Wildman–Crippen LogP) is 3.66. The lowest BCUT2D eigenvalue weighted by Crippen LogP contribution is -1.93. The zero-order valence-corrected chi connectivity index (χ0v) is 11.0. The second-order valence-corrected chi connectivity index (χ2v) is 4.53. The Kier molecular flexibility index (Phi) is 3.82. The van der Waals surface area contributed by atoms with E-state index < -0.39 is 0 Å². The molecule has 0 unspecified atom stereocenters. The lowest BCUT2D eigenvalue weighted by molar-refractivity contribution is 0.865. The Morgan fingerprint density at radius 3 is 2.50 bits per heavy atom. The van der Waals surface area contributed by atoms with Crippen LogP contribution in [0.2, 0.25) is 0 Å². The molecule has 0 amide bonds. The molecule has 0 N–H and O–H groups in total. The van der Waals surface area contributed by atoms with Crippen molar-refractivity contribution in [2.45, 2.75) is 26.7 Å². The summed E-state index contributed by atoms with van der Waals surface area (Å²) < 4.78 is 0. The molecule has 92 valence electrons. The van der Waals surface area contributed by atoms with Crippen molar-refractivity contribution in [3.05, 3.63) is 53.6 Å². The van der Waals surface area contributed by atoms with Gasteiger partial charge in [0.2, 0.25) is 0 Å². The maximum atomic E-state index is 4.55. The van der Waals surface area contributed by atoms with Gasteiger partial charge in [-0.2, -0.15) is 0 Å². The summed E-state index contributed by atoms with van der Waals surface area (Å²) in [5.74, 6) is 1.09. The largest absolute Gasteiger partial charge is 0.252 e. The van der Waals surface area contributed by atoms with Crippen LogP contribution in [0.15, 0.2) is 41.7 Å². The van der Waals surface area contributed by atoms with Crippen LogP contribution in [0.5, 0.6) is 0 Å². The highest BCUT2D eigenvalue weighted by Gasteiger charge is 2.07. The average molecular weight is 239 g/mol. The van der Waals surface area contributed by atoms with Gasteiger partial charge >= 0.3 is 0 Å². The third-order valence-corrected chi connectivity index (χ3v) is 2.79. The standard InChI is InChI=1S/C15H17N3/c1-11(2)13-7-4-6-12(3)15(13)18-10-14-16-8-5-9-17-14/h4-11H,1-3H3. The van der Waals surface area contributed by atoms with Crippen LogP contribution in [0.4, 0.5) is 5.69 Å². The highest BCUT2D eigenvalue weighted by Crippen LogP contribution is 2.29. The van der Waals surface area contributed by atoms with Gasteiger partial charge in [-0.25, -0.2) is 9.97 Å². The highest BCUT2D eigenvalue weighted by atomic mass is 14.9. The Labute approximate surface area is 108 Å². The van der Waals surface area contributed by atoms with Gasteiger partial charge in [0.25, 0.3) is 0 Å². The van der Waals surface area contributed by atoms with Gasteiger partial charge in [-0.15, -0.1) is 0 Å². The van der Waals surface area contributed by atoms with E-state index in [9.17, 15) is 0 Å². The predicted molar refractivity (Wildman–Crippen MR) is 74.6 cm³/mol. The molecule has 0 fully saturated rings. The molecule has 0 aliphatic carbocycles. The second kappa shape index (κ2) is 5.54. The summed E-state index contributed by atoms with van der Waals surface area (Å²) in [5, 5.41) is 0. The summed E-state index contributed by atoms with van der Waals surface area (Å²) in [6.45, 7) is 6.42. The van der Waals surface area contributed by atoms with Crippen molar-refractivity contribution in [3.8, 4) is 0 Å². The molecule has 0 spiro atoms. The van der Waals surface area contributed by atoms with Crippen LogP contribution in [-0.2, 0) is 0 Å². The molecule has 3 nitrogen and oxygen atoms in total. The van der Waals surface area contributed by atoms with E-state index in [0.29, 0.717) is 11.7 Å². The van der Waals surface area contributed by atoms with Gasteiger partial charge in [-0.1, -0.05) is 32.0 Å². The minimum absolute atomic E-state index is 0.453. The number of para-hydroxylation sites is 1. The summed E-state index contributed by atoms with van der Waals surface area (Å²) in [7, 11) is 0. The maximum Gasteiger partial charge on any atom is 0.170 e. The van der Waals surface area contributed by atoms with E-state index in [1.54, 1.807) is 24.7 Å². The Morgan fingerprint density at radius 1 is 1.11 bits per heavy atom. The quantitative estimate of drug-likeness (QED) is 0.767. The van der Waals surface area contributed by atoms with Crippen molar-refractivity contribution in [2.24, 2.45) is 4.99 Å². The van der Waals surface area contributed by atoms with Crippen LogP contribution < -0.4 is 0 Å². The first-order valence-electron chi connectivity index (χ1n) is 6.09. The number of rotatable bonds is 3. The third kappa shape index (κ3) is 2.80. The fraction of sp³-hybridized carbons (Fsp3) is 0.267. The molecule has 0 aliphatic rings. The zero-order chi connectivity index (χ0) is 13.0. The molecule has 3 heteroatoms. The molecular formula is C15H17N3. The van der Waals surface area contributed by atoms with Crippen molar-refractivity contribution >= 4 is 11.9 Å². The summed E-state index contributed by atoms with van der Waals surface area (Å²) >= 11 is 0. The summed E-state index contributed by atoms with van der Waals surface area (Å²) in [6.07, 6.45) is 5.15. The van der Waals surface area contributed by atoms with Crippen molar-refractivity contribution in [3.63, 3.8) is 0 Å². The molecule has 0 aliphatic heterocycles. The molecule has 1 aromatic carbocycles. The topological polar surface area (TPSA) is 38.1 Å². The molecule has 0 saturated carbocycles. The molecule has 0 bridgehead atoms.